The highest BCUT2D eigenvalue weighted by molar-refractivity contribution is 7.66. The van der Waals surface area contributed by atoms with Crippen molar-refractivity contribution in [3.63, 3.8) is 0 Å². The van der Waals surface area contributed by atoms with E-state index in [1.54, 1.807) is 48.3 Å². The number of thiophene rings is 1. The first-order valence-corrected chi connectivity index (χ1v) is 12.9. The molecule has 1 unspecified atom stereocenters. The van der Waals surface area contributed by atoms with E-state index in [0.717, 1.165) is 11.1 Å². The molecule has 0 spiro atoms. The van der Waals surface area contributed by atoms with Crippen molar-refractivity contribution >= 4 is 41.3 Å². The van der Waals surface area contributed by atoms with Crippen molar-refractivity contribution in [1.29, 1.82) is 0 Å². The normalized spacial score (nSPS) is 12.8. The van der Waals surface area contributed by atoms with Crippen LogP contribution in [0.15, 0.2) is 83.7 Å². The zero-order chi connectivity index (χ0) is 22.6. The number of rotatable bonds is 7. The molecule has 162 valence electrons. The van der Waals surface area contributed by atoms with Crippen LogP contribution in [0.2, 0.25) is 0 Å². The summed E-state index contributed by atoms with van der Waals surface area (Å²) in [4.78, 5) is 17.0. The van der Waals surface area contributed by atoms with Gasteiger partial charge in [0, 0.05) is 18.2 Å². The van der Waals surface area contributed by atoms with Crippen LogP contribution in [0.3, 0.4) is 0 Å². The van der Waals surface area contributed by atoms with Gasteiger partial charge in [0.25, 0.3) is 5.91 Å². The number of amides is 1. The number of nitrogens with one attached hydrogen (secondary N) is 1. The number of nitrogens with zero attached hydrogens (tertiary/aromatic N) is 1. The van der Waals surface area contributed by atoms with Crippen molar-refractivity contribution in [3.05, 3.63) is 94.9 Å². The fourth-order valence-corrected chi connectivity index (χ4v) is 4.98. The predicted molar refractivity (Wildman–Crippen MR) is 131 cm³/mol. The van der Waals surface area contributed by atoms with Gasteiger partial charge in [0.05, 0.1) is 29.2 Å². The molecule has 4 aromatic rings. The van der Waals surface area contributed by atoms with Crippen molar-refractivity contribution in [2.45, 2.75) is 6.61 Å². The summed E-state index contributed by atoms with van der Waals surface area (Å²) in [7, 11) is -2.95. The molecule has 2 aromatic carbocycles. The summed E-state index contributed by atoms with van der Waals surface area (Å²) in [5.41, 5.74) is 10.1. The molecule has 2 heterocycles. The Morgan fingerprint density at radius 3 is 2.59 bits per heavy atom. The lowest BCUT2D eigenvalue weighted by molar-refractivity contribution is 0.102. The van der Waals surface area contributed by atoms with Crippen LogP contribution in [-0.4, -0.2) is 17.6 Å². The zero-order valence-electron chi connectivity index (χ0n) is 17.4. The van der Waals surface area contributed by atoms with Gasteiger partial charge in [-0.25, -0.2) is 0 Å². The smallest absolute Gasteiger partial charge is 0.257 e. The number of nitrogens with two attached hydrogens (primary N) is 1. The van der Waals surface area contributed by atoms with Gasteiger partial charge in [-0.15, -0.1) is 0 Å². The summed E-state index contributed by atoms with van der Waals surface area (Å²) in [5.74, 6) is -0.315. The molecule has 0 aliphatic rings. The quantitative estimate of drug-likeness (QED) is 0.283. The minimum atomic E-state index is -2.95. The lowest BCUT2D eigenvalue weighted by Gasteiger charge is -2.14. The molecule has 0 radical (unpaired) electrons. The van der Waals surface area contributed by atoms with E-state index in [-0.39, 0.29) is 12.5 Å². The maximum absolute atomic E-state index is 12.8. The van der Waals surface area contributed by atoms with Crippen molar-refractivity contribution in [2.24, 2.45) is 0 Å². The molecule has 0 aliphatic heterocycles. The SMILES string of the molecule is CP(=O)(OCc1ccc(C(=O)Nc2cc(-c3ccsc3)ccc2N)cn1)c1ccccc1. The Hall–Kier alpha value is -3.25. The third kappa shape index (κ3) is 5.14. The summed E-state index contributed by atoms with van der Waals surface area (Å²) in [5, 5.41) is 7.54. The number of hydrogen-bond acceptors (Lipinski definition) is 6. The highest BCUT2D eigenvalue weighted by atomic mass is 32.1. The number of pyridine rings is 1. The highest BCUT2D eigenvalue weighted by Crippen LogP contribution is 2.41. The highest BCUT2D eigenvalue weighted by Gasteiger charge is 2.19. The van der Waals surface area contributed by atoms with E-state index in [1.165, 1.54) is 6.20 Å². The second-order valence-electron chi connectivity index (χ2n) is 7.26. The van der Waals surface area contributed by atoms with Crippen LogP contribution < -0.4 is 16.4 Å². The van der Waals surface area contributed by atoms with E-state index in [0.29, 0.717) is 27.9 Å². The summed E-state index contributed by atoms with van der Waals surface area (Å²) in [6.45, 7) is 1.67. The number of carbonyl (C=O) groups is 1. The molecule has 0 aliphatic carbocycles. The number of benzene rings is 2. The molecule has 4 rings (SSSR count). The van der Waals surface area contributed by atoms with Gasteiger partial charge in [-0.3, -0.25) is 14.3 Å². The monoisotopic (exact) mass is 463 g/mol. The van der Waals surface area contributed by atoms with Crippen LogP contribution >= 0.6 is 18.7 Å². The van der Waals surface area contributed by atoms with Crippen LogP contribution in [0.1, 0.15) is 16.1 Å². The average Bonchev–Trinajstić information content (AvgIpc) is 3.35. The Kier molecular flexibility index (Phi) is 6.51. The van der Waals surface area contributed by atoms with Crippen LogP contribution in [0, 0.1) is 0 Å². The molecule has 0 saturated carbocycles. The zero-order valence-corrected chi connectivity index (χ0v) is 19.1. The predicted octanol–water partition coefficient (Wildman–Crippen LogP) is 5.39. The van der Waals surface area contributed by atoms with Gasteiger partial charge in [0.15, 0.2) is 0 Å². The number of carbonyl (C=O) groups excluding carboxylic acids is 1. The molecule has 3 N–H and O–H groups in total. The standard InChI is InChI=1S/C24H22N3O3PS/c1-31(29,21-5-3-2-4-6-21)30-15-20-9-7-18(14-26-20)24(28)27-23-13-17(8-10-22(23)25)19-11-12-32-16-19/h2-14,16H,15,25H2,1H3,(H,27,28). The molecular weight excluding hydrogens is 441 g/mol. The minimum Gasteiger partial charge on any atom is -0.397 e. The molecule has 32 heavy (non-hydrogen) atoms. The van der Waals surface area contributed by atoms with Gasteiger partial charge in [-0.05, 0) is 64.4 Å². The topological polar surface area (TPSA) is 94.3 Å². The van der Waals surface area contributed by atoms with Crippen LogP contribution in [0.5, 0.6) is 0 Å². The van der Waals surface area contributed by atoms with Crippen LogP contribution in [0.4, 0.5) is 11.4 Å². The molecule has 2 aromatic heterocycles. The lowest BCUT2D eigenvalue weighted by atomic mass is 10.1. The van der Waals surface area contributed by atoms with Crippen molar-refractivity contribution in [1.82, 2.24) is 4.98 Å². The molecule has 0 bridgehead atoms. The molecule has 6 nitrogen and oxygen atoms in total. The Labute approximate surface area is 190 Å². The lowest BCUT2D eigenvalue weighted by Crippen LogP contribution is -2.14. The fraction of sp³-hybridized carbons (Fsp3) is 0.0833. The van der Waals surface area contributed by atoms with Gasteiger partial charge in [-0.1, -0.05) is 24.3 Å². The minimum absolute atomic E-state index is 0.0835. The average molecular weight is 463 g/mol. The Morgan fingerprint density at radius 2 is 1.91 bits per heavy atom. The van der Waals surface area contributed by atoms with Gasteiger partial charge >= 0.3 is 0 Å². The Bertz CT molecular complexity index is 1260. The van der Waals surface area contributed by atoms with Gasteiger partial charge in [0.2, 0.25) is 7.37 Å². The third-order valence-corrected chi connectivity index (χ3v) is 7.47. The van der Waals surface area contributed by atoms with E-state index in [9.17, 15) is 9.36 Å². The second kappa shape index (κ2) is 9.49. The van der Waals surface area contributed by atoms with Gasteiger partial charge < -0.3 is 15.6 Å². The van der Waals surface area contributed by atoms with E-state index >= 15 is 0 Å². The third-order valence-electron chi connectivity index (χ3n) is 4.93. The van der Waals surface area contributed by atoms with Crippen LogP contribution in [-0.2, 0) is 15.7 Å². The van der Waals surface area contributed by atoms with Crippen LogP contribution in [0.25, 0.3) is 11.1 Å². The Morgan fingerprint density at radius 1 is 1.09 bits per heavy atom. The molecule has 1 amide bonds. The largest absolute Gasteiger partial charge is 0.397 e. The van der Waals surface area contributed by atoms with E-state index < -0.39 is 7.37 Å². The summed E-state index contributed by atoms with van der Waals surface area (Å²) in [6.07, 6.45) is 1.47. The van der Waals surface area contributed by atoms with E-state index in [4.69, 9.17) is 10.3 Å². The Balaban J connectivity index is 1.42. The fourth-order valence-electron chi connectivity index (χ4n) is 3.07. The first-order chi connectivity index (χ1) is 15.4. The van der Waals surface area contributed by atoms with Gasteiger partial charge in [0.1, 0.15) is 0 Å². The maximum Gasteiger partial charge on any atom is 0.257 e. The first-order valence-electron chi connectivity index (χ1n) is 9.88. The molecule has 0 fully saturated rings. The summed E-state index contributed by atoms with van der Waals surface area (Å²) in [6, 6.07) is 20.0. The number of hydrogen-bond donors (Lipinski definition) is 2. The van der Waals surface area contributed by atoms with E-state index in [1.807, 2.05) is 47.2 Å². The summed E-state index contributed by atoms with van der Waals surface area (Å²) >= 11 is 1.61. The number of nitrogen functional groups attached to an aromatic ring is 1. The van der Waals surface area contributed by atoms with E-state index in [2.05, 4.69) is 10.3 Å². The molecule has 1 atom stereocenters. The van der Waals surface area contributed by atoms with Crippen molar-refractivity contribution < 1.29 is 13.9 Å². The summed E-state index contributed by atoms with van der Waals surface area (Å²) < 4.78 is 18.4. The molecule has 8 heteroatoms. The molecular formula is C24H22N3O3PS. The molecule has 0 saturated heterocycles. The number of aromatic nitrogens is 1. The second-order valence-corrected chi connectivity index (χ2v) is 10.5. The van der Waals surface area contributed by atoms with Crippen molar-refractivity contribution in [2.75, 3.05) is 17.7 Å². The van der Waals surface area contributed by atoms with Crippen molar-refractivity contribution in [3.8, 4) is 11.1 Å². The maximum atomic E-state index is 12.8. The number of anilines is 2. The first kappa shape index (κ1) is 22.0. The van der Waals surface area contributed by atoms with Gasteiger partial charge in [-0.2, -0.15) is 11.3 Å².